The second kappa shape index (κ2) is 6.55. The number of esters is 1. The van der Waals surface area contributed by atoms with Crippen molar-refractivity contribution in [3.63, 3.8) is 0 Å². The van der Waals surface area contributed by atoms with Crippen LogP contribution in [-0.2, 0) is 14.3 Å². The third-order valence-corrected chi connectivity index (χ3v) is 2.43. The molecule has 0 radical (unpaired) electrons. The molecule has 0 bridgehead atoms. The van der Waals surface area contributed by atoms with Crippen LogP contribution >= 0.6 is 0 Å². The van der Waals surface area contributed by atoms with Gasteiger partial charge >= 0.3 is 12.1 Å². The van der Waals surface area contributed by atoms with Crippen LogP contribution in [-0.4, -0.2) is 49.3 Å². The Balaban J connectivity index is 4.74. The number of alkyl halides is 4. The molecule has 0 heterocycles. The van der Waals surface area contributed by atoms with Crippen LogP contribution in [0.1, 0.15) is 13.8 Å². The number of nitrogens with zero attached hydrogens (tertiary/aromatic N) is 1. The third-order valence-electron chi connectivity index (χ3n) is 2.43. The number of methoxy groups -OCH3 is 1. The molecule has 18 heavy (non-hydrogen) atoms. The maximum Gasteiger partial charge on any atom is 0.394 e. The van der Waals surface area contributed by atoms with Crippen molar-refractivity contribution in [1.82, 2.24) is 4.90 Å². The van der Waals surface area contributed by atoms with Crippen molar-refractivity contribution in [1.29, 1.82) is 0 Å². The summed E-state index contributed by atoms with van der Waals surface area (Å²) in [6.45, 7) is 1.34. The number of ether oxygens (including phenoxy) is 1. The van der Waals surface area contributed by atoms with Crippen molar-refractivity contribution in [3.8, 4) is 0 Å². The van der Waals surface area contributed by atoms with Crippen molar-refractivity contribution in [3.05, 3.63) is 0 Å². The zero-order valence-electron chi connectivity index (χ0n) is 10.3. The Morgan fingerprint density at radius 2 is 1.83 bits per heavy atom. The molecule has 1 amide bonds. The van der Waals surface area contributed by atoms with E-state index in [0.717, 1.165) is 7.11 Å². The van der Waals surface area contributed by atoms with Crippen LogP contribution in [0, 0.1) is 5.92 Å². The van der Waals surface area contributed by atoms with E-state index in [2.05, 4.69) is 4.74 Å². The monoisotopic (exact) mass is 273 g/mol. The van der Waals surface area contributed by atoms with Gasteiger partial charge in [0.05, 0.1) is 13.0 Å². The number of halogens is 4. The quantitative estimate of drug-likeness (QED) is 0.564. The Bertz CT molecular complexity index is 306. The molecule has 106 valence electrons. The van der Waals surface area contributed by atoms with Gasteiger partial charge in [-0.1, -0.05) is 6.92 Å². The molecule has 2 unspecified atom stereocenters. The average Bonchev–Trinajstić information content (AvgIpc) is 2.31. The van der Waals surface area contributed by atoms with E-state index in [0.29, 0.717) is 11.8 Å². The summed E-state index contributed by atoms with van der Waals surface area (Å²) >= 11 is 0. The molecule has 0 aliphatic heterocycles. The molecule has 2 atom stereocenters. The third kappa shape index (κ3) is 4.50. The molecule has 0 aliphatic carbocycles. The standard InChI is InChI=1S/C10H15F4NO3/c1-4-15(5-7(16)18-3)9(17)8(11)6(2)10(12,13)14/h6,8H,4-5H2,1-3H3. The van der Waals surface area contributed by atoms with Crippen molar-refractivity contribution >= 4 is 11.9 Å². The van der Waals surface area contributed by atoms with Gasteiger partial charge in [0, 0.05) is 6.54 Å². The Hall–Kier alpha value is -1.34. The molecular formula is C10H15F4NO3. The predicted octanol–water partition coefficient (Wildman–Crippen LogP) is 1.54. The van der Waals surface area contributed by atoms with Gasteiger partial charge < -0.3 is 9.64 Å². The normalized spacial score (nSPS) is 14.8. The first-order valence-electron chi connectivity index (χ1n) is 5.21. The molecule has 0 aromatic heterocycles. The van der Waals surface area contributed by atoms with E-state index in [1.807, 2.05) is 0 Å². The number of likely N-dealkylation sites (N-methyl/N-ethyl adjacent to an activating group) is 1. The van der Waals surface area contributed by atoms with Gasteiger partial charge in [-0.05, 0) is 6.92 Å². The van der Waals surface area contributed by atoms with Crippen molar-refractivity contribution < 1.29 is 31.9 Å². The molecule has 0 spiro atoms. The van der Waals surface area contributed by atoms with Crippen LogP contribution < -0.4 is 0 Å². The summed E-state index contributed by atoms with van der Waals surface area (Å²) in [6.07, 6.45) is -7.53. The van der Waals surface area contributed by atoms with Crippen molar-refractivity contribution in [2.45, 2.75) is 26.2 Å². The molecule has 0 saturated carbocycles. The van der Waals surface area contributed by atoms with Gasteiger partial charge in [0.15, 0.2) is 6.17 Å². The number of rotatable bonds is 5. The SMILES string of the molecule is CCN(CC(=O)OC)C(=O)C(F)C(C)C(F)(F)F. The van der Waals surface area contributed by atoms with Crippen LogP contribution in [0.4, 0.5) is 17.6 Å². The van der Waals surface area contributed by atoms with Crippen molar-refractivity contribution in [2.75, 3.05) is 20.2 Å². The Morgan fingerprint density at radius 3 is 2.17 bits per heavy atom. The summed E-state index contributed by atoms with van der Waals surface area (Å²) < 4.78 is 54.4. The van der Waals surface area contributed by atoms with E-state index in [1.165, 1.54) is 6.92 Å². The highest BCUT2D eigenvalue weighted by Crippen LogP contribution is 2.30. The summed E-state index contributed by atoms with van der Waals surface area (Å²) in [6, 6.07) is 0. The van der Waals surface area contributed by atoms with Crippen LogP contribution in [0.2, 0.25) is 0 Å². The minimum Gasteiger partial charge on any atom is -0.468 e. The first-order chi connectivity index (χ1) is 8.15. The highest BCUT2D eigenvalue weighted by molar-refractivity contribution is 5.85. The van der Waals surface area contributed by atoms with Crippen LogP contribution in [0.5, 0.6) is 0 Å². The maximum absolute atomic E-state index is 13.4. The maximum atomic E-state index is 13.4. The van der Waals surface area contributed by atoms with Gasteiger partial charge in [0.1, 0.15) is 6.54 Å². The molecule has 0 aromatic carbocycles. The molecule has 0 fully saturated rings. The van der Waals surface area contributed by atoms with Gasteiger partial charge in [-0.15, -0.1) is 0 Å². The Morgan fingerprint density at radius 1 is 1.33 bits per heavy atom. The zero-order valence-corrected chi connectivity index (χ0v) is 10.3. The van der Waals surface area contributed by atoms with Gasteiger partial charge in [-0.2, -0.15) is 13.2 Å². The van der Waals surface area contributed by atoms with E-state index >= 15 is 0 Å². The minimum absolute atomic E-state index is 0.0844. The van der Waals surface area contributed by atoms with Crippen molar-refractivity contribution in [2.24, 2.45) is 5.92 Å². The van der Waals surface area contributed by atoms with E-state index < -0.39 is 36.7 Å². The first kappa shape index (κ1) is 16.7. The number of amides is 1. The fourth-order valence-electron chi connectivity index (χ4n) is 1.12. The van der Waals surface area contributed by atoms with Crippen LogP contribution in [0.3, 0.4) is 0 Å². The highest BCUT2D eigenvalue weighted by Gasteiger charge is 2.45. The predicted molar refractivity (Wildman–Crippen MR) is 54.4 cm³/mol. The van der Waals surface area contributed by atoms with E-state index in [4.69, 9.17) is 0 Å². The Kier molecular flexibility index (Phi) is 6.07. The lowest BCUT2D eigenvalue weighted by molar-refractivity contribution is -0.191. The van der Waals surface area contributed by atoms with Gasteiger partial charge in [-0.3, -0.25) is 9.59 Å². The summed E-state index contributed by atoms with van der Waals surface area (Å²) in [4.78, 5) is 23.1. The number of carbonyl (C=O) groups is 2. The average molecular weight is 273 g/mol. The second-order valence-corrected chi connectivity index (χ2v) is 3.66. The molecular weight excluding hydrogens is 258 g/mol. The van der Waals surface area contributed by atoms with Gasteiger partial charge in [0.2, 0.25) is 0 Å². The molecule has 0 N–H and O–H groups in total. The molecule has 8 heteroatoms. The van der Waals surface area contributed by atoms with E-state index in [9.17, 15) is 27.2 Å². The molecule has 0 saturated heterocycles. The molecule has 0 aromatic rings. The lowest BCUT2D eigenvalue weighted by Gasteiger charge is -2.25. The molecule has 0 rings (SSSR count). The Labute approximate surface area is 102 Å². The zero-order chi connectivity index (χ0) is 14.5. The summed E-state index contributed by atoms with van der Waals surface area (Å²) in [5, 5.41) is 0. The lowest BCUT2D eigenvalue weighted by Crippen LogP contribution is -2.45. The van der Waals surface area contributed by atoms with Gasteiger partial charge in [-0.25, -0.2) is 4.39 Å². The largest absolute Gasteiger partial charge is 0.468 e. The molecule has 4 nitrogen and oxygen atoms in total. The highest BCUT2D eigenvalue weighted by atomic mass is 19.4. The first-order valence-corrected chi connectivity index (χ1v) is 5.21. The number of carbonyl (C=O) groups excluding carboxylic acids is 2. The smallest absolute Gasteiger partial charge is 0.394 e. The van der Waals surface area contributed by atoms with E-state index in [-0.39, 0.29) is 6.54 Å². The summed E-state index contributed by atoms with van der Waals surface area (Å²) in [5.74, 6) is -4.61. The fourth-order valence-corrected chi connectivity index (χ4v) is 1.12. The fraction of sp³-hybridized carbons (Fsp3) is 0.800. The number of hydrogen-bond donors (Lipinski definition) is 0. The lowest BCUT2D eigenvalue weighted by atomic mass is 10.0. The van der Waals surface area contributed by atoms with Crippen LogP contribution in [0.15, 0.2) is 0 Å². The topological polar surface area (TPSA) is 46.6 Å². The summed E-state index contributed by atoms with van der Waals surface area (Å²) in [7, 11) is 1.06. The number of hydrogen-bond acceptors (Lipinski definition) is 3. The summed E-state index contributed by atoms with van der Waals surface area (Å²) in [5.41, 5.74) is 0. The minimum atomic E-state index is -4.81. The van der Waals surface area contributed by atoms with E-state index in [1.54, 1.807) is 0 Å². The van der Waals surface area contributed by atoms with Crippen LogP contribution in [0.25, 0.3) is 0 Å². The second-order valence-electron chi connectivity index (χ2n) is 3.66. The molecule has 0 aliphatic rings. The van der Waals surface area contributed by atoms with Gasteiger partial charge in [0.25, 0.3) is 5.91 Å².